The van der Waals surface area contributed by atoms with E-state index in [-0.39, 0.29) is 0 Å². The molecule has 0 atom stereocenters. The maximum Gasteiger partial charge on any atom is 0.106 e. The average Bonchev–Trinajstić information content (AvgIpc) is 2.43. The van der Waals surface area contributed by atoms with Gasteiger partial charge < -0.3 is 10.6 Å². The van der Waals surface area contributed by atoms with E-state index in [2.05, 4.69) is 0 Å². The second-order valence-corrected chi connectivity index (χ2v) is 5.69. The zero-order valence-corrected chi connectivity index (χ0v) is 13.3. The highest BCUT2D eigenvalue weighted by molar-refractivity contribution is 7.80. The van der Waals surface area contributed by atoms with Crippen LogP contribution in [0, 0.1) is 0 Å². The molecular formula is C15H14Cl2N2S. The lowest BCUT2D eigenvalue weighted by Gasteiger charge is -2.23. The van der Waals surface area contributed by atoms with Gasteiger partial charge in [-0.25, -0.2) is 0 Å². The van der Waals surface area contributed by atoms with Gasteiger partial charge in [0.1, 0.15) is 4.99 Å². The summed E-state index contributed by atoms with van der Waals surface area (Å²) in [7, 11) is 1.96. The van der Waals surface area contributed by atoms with Crippen LogP contribution in [0.15, 0.2) is 42.5 Å². The van der Waals surface area contributed by atoms with Crippen LogP contribution < -0.4 is 10.6 Å². The highest BCUT2D eigenvalue weighted by Crippen LogP contribution is 2.28. The molecule has 2 N–H and O–H groups in total. The zero-order chi connectivity index (χ0) is 14.7. The number of hydrogen-bond acceptors (Lipinski definition) is 2. The van der Waals surface area contributed by atoms with E-state index in [1.807, 2.05) is 54.4 Å². The number of rotatable bonds is 4. The topological polar surface area (TPSA) is 29.3 Å². The fraction of sp³-hybridized carbons (Fsp3) is 0.133. The van der Waals surface area contributed by atoms with Crippen LogP contribution in [0.1, 0.15) is 11.1 Å². The molecule has 0 aliphatic carbocycles. The van der Waals surface area contributed by atoms with Crippen LogP contribution >= 0.6 is 35.4 Å². The number of thiocarbonyl (C=S) groups is 1. The van der Waals surface area contributed by atoms with Crippen molar-refractivity contribution >= 4 is 46.1 Å². The lowest BCUT2D eigenvalue weighted by atomic mass is 10.1. The Morgan fingerprint density at radius 1 is 1.10 bits per heavy atom. The molecule has 0 bridgehead atoms. The monoisotopic (exact) mass is 324 g/mol. The van der Waals surface area contributed by atoms with Crippen LogP contribution in [0.2, 0.25) is 10.0 Å². The third-order valence-electron chi connectivity index (χ3n) is 3.04. The maximum atomic E-state index is 6.20. The smallest absolute Gasteiger partial charge is 0.106 e. The Morgan fingerprint density at radius 2 is 1.70 bits per heavy atom. The highest BCUT2D eigenvalue weighted by Gasteiger charge is 2.12. The van der Waals surface area contributed by atoms with Crippen molar-refractivity contribution in [2.45, 2.75) is 6.54 Å². The van der Waals surface area contributed by atoms with Gasteiger partial charge in [0.05, 0.1) is 0 Å². The van der Waals surface area contributed by atoms with Crippen LogP contribution in [-0.4, -0.2) is 12.0 Å². The van der Waals surface area contributed by atoms with Gasteiger partial charge in [0.15, 0.2) is 0 Å². The third-order valence-corrected chi connectivity index (χ3v) is 3.97. The molecule has 2 rings (SSSR count). The van der Waals surface area contributed by atoms with Gasteiger partial charge in [-0.1, -0.05) is 53.6 Å². The fourth-order valence-electron chi connectivity index (χ4n) is 2.02. The Balaban J connectivity index is 2.34. The van der Waals surface area contributed by atoms with E-state index < -0.39 is 0 Å². The SMILES string of the molecule is CN(Cc1c(Cl)cccc1Cl)c1ccccc1C(N)=S. The van der Waals surface area contributed by atoms with Crippen LogP contribution in [0.4, 0.5) is 5.69 Å². The predicted molar refractivity (Wildman–Crippen MR) is 90.9 cm³/mol. The molecule has 0 radical (unpaired) electrons. The van der Waals surface area contributed by atoms with Gasteiger partial charge >= 0.3 is 0 Å². The van der Waals surface area contributed by atoms with E-state index in [1.54, 1.807) is 0 Å². The summed E-state index contributed by atoms with van der Waals surface area (Å²) < 4.78 is 0. The van der Waals surface area contributed by atoms with Crippen molar-refractivity contribution in [3.8, 4) is 0 Å². The minimum absolute atomic E-state index is 0.373. The van der Waals surface area contributed by atoms with Crippen molar-refractivity contribution in [2.24, 2.45) is 5.73 Å². The summed E-state index contributed by atoms with van der Waals surface area (Å²) in [6.45, 7) is 0.581. The Labute approximate surface area is 134 Å². The van der Waals surface area contributed by atoms with E-state index in [0.29, 0.717) is 21.6 Å². The number of anilines is 1. The Bertz CT molecular complexity index is 623. The van der Waals surface area contributed by atoms with E-state index in [1.165, 1.54) is 0 Å². The second kappa shape index (κ2) is 6.44. The molecule has 0 heterocycles. The largest absolute Gasteiger partial charge is 0.389 e. The zero-order valence-electron chi connectivity index (χ0n) is 10.9. The minimum atomic E-state index is 0.373. The Kier molecular flexibility index (Phi) is 4.86. The van der Waals surface area contributed by atoms with E-state index in [4.69, 9.17) is 41.2 Å². The molecule has 5 heteroatoms. The van der Waals surface area contributed by atoms with Crippen molar-refractivity contribution in [1.82, 2.24) is 0 Å². The summed E-state index contributed by atoms with van der Waals surface area (Å²) in [5.41, 5.74) is 8.44. The van der Waals surface area contributed by atoms with E-state index in [0.717, 1.165) is 16.8 Å². The summed E-state index contributed by atoms with van der Waals surface area (Å²) in [6, 6.07) is 13.2. The molecule has 0 saturated heterocycles. The molecule has 0 amide bonds. The van der Waals surface area contributed by atoms with Gasteiger partial charge in [0.2, 0.25) is 0 Å². The first-order valence-corrected chi connectivity index (χ1v) is 7.20. The van der Waals surface area contributed by atoms with Crippen molar-refractivity contribution in [3.63, 3.8) is 0 Å². The quantitative estimate of drug-likeness (QED) is 0.852. The Morgan fingerprint density at radius 3 is 2.30 bits per heavy atom. The van der Waals surface area contributed by atoms with Gasteiger partial charge in [-0.2, -0.15) is 0 Å². The average molecular weight is 325 g/mol. The first-order chi connectivity index (χ1) is 9.50. The molecule has 104 valence electrons. The predicted octanol–water partition coefficient (Wildman–Crippen LogP) is 4.26. The molecule has 0 unspecified atom stereocenters. The van der Waals surface area contributed by atoms with Crippen LogP contribution in [0.5, 0.6) is 0 Å². The molecule has 0 fully saturated rings. The first kappa shape index (κ1) is 15.1. The van der Waals surface area contributed by atoms with Gasteiger partial charge in [-0.3, -0.25) is 0 Å². The molecule has 2 aromatic carbocycles. The molecule has 0 aromatic heterocycles. The highest BCUT2D eigenvalue weighted by atomic mass is 35.5. The van der Waals surface area contributed by atoms with Gasteiger partial charge in [0.25, 0.3) is 0 Å². The van der Waals surface area contributed by atoms with Crippen molar-refractivity contribution in [2.75, 3.05) is 11.9 Å². The third kappa shape index (κ3) is 3.23. The van der Waals surface area contributed by atoms with Gasteiger partial charge in [-0.05, 0) is 24.3 Å². The molecule has 0 aliphatic heterocycles. The summed E-state index contributed by atoms with van der Waals surface area (Å²) in [5.74, 6) is 0. The van der Waals surface area contributed by atoms with Crippen LogP contribution in [0.3, 0.4) is 0 Å². The van der Waals surface area contributed by atoms with Crippen LogP contribution in [0.25, 0.3) is 0 Å². The normalized spacial score (nSPS) is 10.3. The van der Waals surface area contributed by atoms with E-state index >= 15 is 0 Å². The lowest BCUT2D eigenvalue weighted by Crippen LogP contribution is -2.21. The fourth-order valence-corrected chi connectivity index (χ4v) is 2.71. The number of nitrogens with two attached hydrogens (primary N) is 1. The number of hydrogen-bond donors (Lipinski definition) is 1. The van der Waals surface area contributed by atoms with Gasteiger partial charge in [0, 0.05) is 40.5 Å². The maximum absolute atomic E-state index is 6.20. The number of halogens is 2. The van der Waals surface area contributed by atoms with Crippen molar-refractivity contribution in [1.29, 1.82) is 0 Å². The summed E-state index contributed by atoms with van der Waals surface area (Å²) >= 11 is 17.5. The number of benzene rings is 2. The van der Waals surface area contributed by atoms with Crippen LogP contribution in [-0.2, 0) is 6.54 Å². The van der Waals surface area contributed by atoms with Crippen molar-refractivity contribution < 1.29 is 0 Å². The molecule has 2 aromatic rings. The van der Waals surface area contributed by atoms with Crippen molar-refractivity contribution in [3.05, 3.63) is 63.6 Å². The summed E-state index contributed by atoms with van der Waals surface area (Å²) in [5, 5.41) is 1.30. The molecule has 0 aliphatic rings. The first-order valence-electron chi connectivity index (χ1n) is 6.03. The molecule has 0 saturated carbocycles. The van der Waals surface area contributed by atoms with E-state index in [9.17, 15) is 0 Å². The summed E-state index contributed by atoms with van der Waals surface area (Å²) in [4.78, 5) is 2.40. The molecule has 0 spiro atoms. The molecular weight excluding hydrogens is 311 g/mol. The number of nitrogens with zero attached hydrogens (tertiary/aromatic N) is 1. The molecule has 20 heavy (non-hydrogen) atoms. The van der Waals surface area contributed by atoms with Gasteiger partial charge in [-0.15, -0.1) is 0 Å². The second-order valence-electron chi connectivity index (χ2n) is 4.44. The summed E-state index contributed by atoms with van der Waals surface area (Å²) in [6.07, 6.45) is 0. The standard InChI is InChI=1S/C15H14Cl2N2S/c1-19(9-11-12(16)6-4-7-13(11)17)14-8-3-2-5-10(14)15(18)20/h2-8H,9H2,1H3,(H2,18,20). The lowest BCUT2D eigenvalue weighted by molar-refractivity contribution is 0.922. The minimum Gasteiger partial charge on any atom is -0.389 e. The number of para-hydroxylation sites is 1. The molecule has 2 nitrogen and oxygen atoms in total. The Hall–Kier alpha value is -1.29.